The number of nitrogens with zero attached hydrogens (tertiary/aromatic N) is 4. The van der Waals surface area contributed by atoms with Crippen LogP contribution in [-0.2, 0) is 33.9 Å². The van der Waals surface area contributed by atoms with Crippen molar-refractivity contribution in [1.82, 2.24) is 9.80 Å². The van der Waals surface area contributed by atoms with Gasteiger partial charge in [-0.3, -0.25) is 0 Å². The van der Waals surface area contributed by atoms with Crippen molar-refractivity contribution in [3.05, 3.63) is 141 Å². The highest BCUT2D eigenvalue weighted by atomic mass is 19.1. The third-order valence-electron chi connectivity index (χ3n) is 10.9. The quantitative estimate of drug-likeness (QED) is 0.102. The van der Waals surface area contributed by atoms with E-state index in [-0.39, 0.29) is 11.6 Å². The summed E-state index contributed by atoms with van der Waals surface area (Å²) in [6, 6.07) is 29.2. The van der Waals surface area contributed by atoms with Crippen molar-refractivity contribution in [2.45, 2.75) is 75.8 Å². The maximum atomic E-state index is 13.8. The summed E-state index contributed by atoms with van der Waals surface area (Å²) < 4.78 is 40.6. The first-order valence-electron chi connectivity index (χ1n) is 18.5. The van der Waals surface area contributed by atoms with E-state index in [9.17, 15) is 19.3 Å². The van der Waals surface area contributed by atoms with Gasteiger partial charge in [0.05, 0.1) is 36.5 Å². The third kappa shape index (κ3) is 8.27. The first-order valence-corrected chi connectivity index (χ1v) is 18.5. The fourth-order valence-corrected chi connectivity index (χ4v) is 8.07. The molecule has 4 aromatic rings. The van der Waals surface area contributed by atoms with Gasteiger partial charge in [-0.05, 0) is 161 Å². The number of benzene rings is 4. The molecule has 0 amide bonds. The van der Waals surface area contributed by atoms with Crippen LogP contribution in [0.5, 0.6) is 0 Å². The lowest BCUT2D eigenvalue weighted by Gasteiger charge is -2.31. The molecule has 0 spiro atoms. The second-order valence-corrected chi connectivity index (χ2v) is 14.4. The molecule has 0 N–H and O–H groups in total. The van der Waals surface area contributed by atoms with E-state index in [0.717, 1.165) is 98.1 Å². The van der Waals surface area contributed by atoms with E-state index in [0.29, 0.717) is 24.3 Å². The van der Waals surface area contributed by atoms with Gasteiger partial charge in [0, 0.05) is 0 Å². The highest BCUT2D eigenvalue weighted by molar-refractivity contribution is 5.49. The van der Waals surface area contributed by atoms with Gasteiger partial charge in [0.25, 0.3) is 0 Å². The predicted octanol–water partition coefficient (Wildman–Crippen LogP) is 8.94. The smallest absolute Gasteiger partial charge is 0.123 e. The van der Waals surface area contributed by atoms with E-state index < -0.39 is 11.2 Å². The number of hydrogen-bond acceptors (Lipinski definition) is 6. The Morgan fingerprint density at radius 3 is 1.33 bits per heavy atom. The van der Waals surface area contributed by atoms with Gasteiger partial charge < -0.3 is 19.3 Å². The number of unbranched alkanes of at least 4 members (excludes halogenated alkanes) is 3. The first kappa shape index (κ1) is 37.3. The lowest BCUT2D eigenvalue weighted by Crippen LogP contribution is -2.30. The van der Waals surface area contributed by atoms with Crippen molar-refractivity contribution in [2.24, 2.45) is 0 Å². The number of nitriles is 2. The van der Waals surface area contributed by atoms with E-state index in [4.69, 9.17) is 9.47 Å². The Morgan fingerprint density at radius 1 is 0.558 bits per heavy atom. The van der Waals surface area contributed by atoms with Crippen molar-refractivity contribution in [3.8, 4) is 12.1 Å². The highest BCUT2D eigenvalue weighted by Gasteiger charge is 2.42. The average Bonchev–Trinajstić information content (AvgIpc) is 3.72. The molecule has 6 nitrogen and oxygen atoms in total. The van der Waals surface area contributed by atoms with Crippen LogP contribution in [0, 0.1) is 34.3 Å². The second kappa shape index (κ2) is 16.9. The van der Waals surface area contributed by atoms with Crippen LogP contribution in [0.4, 0.5) is 8.78 Å². The third-order valence-corrected chi connectivity index (χ3v) is 10.9. The largest absolute Gasteiger partial charge is 0.361 e. The van der Waals surface area contributed by atoms with Crippen LogP contribution in [-0.4, -0.2) is 50.1 Å². The molecule has 0 saturated carbocycles. The number of fused-ring (bicyclic) bond motifs is 2. The van der Waals surface area contributed by atoms with Gasteiger partial charge in [-0.25, -0.2) is 8.78 Å². The topological polar surface area (TPSA) is 72.5 Å². The maximum Gasteiger partial charge on any atom is 0.123 e. The molecule has 270 valence electrons. The van der Waals surface area contributed by atoms with Gasteiger partial charge in [-0.1, -0.05) is 49.2 Å². The molecule has 6 rings (SSSR count). The molecule has 0 aromatic heterocycles. The standard InChI is InChI=1S/C44H48F2N4O2/c1-49(25-7-21-43(37-11-15-39(45)16-12-37)41-19-9-33(29-47)27-35(41)31-51-43)23-5-3-4-6-24-50(2)26-8-22-44(38-13-17-40(46)18-14-38)42-20-10-34(30-48)28-36(42)32-52-44/h9-20,27-28H,3-8,21-26,31-32H2,1-2H3. The van der Waals surface area contributed by atoms with Gasteiger partial charge in [0.15, 0.2) is 0 Å². The van der Waals surface area contributed by atoms with Crippen LogP contribution >= 0.6 is 0 Å². The van der Waals surface area contributed by atoms with Crippen LogP contribution in [0.25, 0.3) is 0 Å². The SMILES string of the molecule is CN(CCCCCCN(C)CCCC1(c2ccc(F)cc2)OCc2cc(C#N)ccc21)CCCC1(c2ccc(F)cc2)OCc2cc(C#N)ccc21. The molecule has 0 fully saturated rings. The summed E-state index contributed by atoms with van der Waals surface area (Å²) in [5, 5.41) is 18.8. The van der Waals surface area contributed by atoms with Crippen LogP contribution in [0.15, 0.2) is 84.9 Å². The number of halogens is 2. The van der Waals surface area contributed by atoms with Crippen molar-refractivity contribution >= 4 is 0 Å². The van der Waals surface area contributed by atoms with E-state index in [1.54, 1.807) is 0 Å². The molecule has 2 heterocycles. The summed E-state index contributed by atoms with van der Waals surface area (Å²) in [5.74, 6) is -0.532. The molecule has 2 aliphatic heterocycles. The lowest BCUT2D eigenvalue weighted by molar-refractivity contribution is -0.0144. The Labute approximate surface area is 307 Å². The molecular weight excluding hydrogens is 655 g/mol. The van der Waals surface area contributed by atoms with Crippen molar-refractivity contribution in [3.63, 3.8) is 0 Å². The summed E-state index contributed by atoms with van der Waals surface area (Å²) in [6.07, 6.45) is 8.06. The molecule has 52 heavy (non-hydrogen) atoms. The van der Waals surface area contributed by atoms with Gasteiger partial charge in [0.1, 0.15) is 22.8 Å². The van der Waals surface area contributed by atoms with Crippen LogP contribution < -0.4 is 0 Å². The summed E-state index contributed by atoms with van der Waals surface area (Å²) in [5.41, 5.74) is 6.08. The predicted molar refractivity (Wildman–Crippen MR) is 198 cm³/mol. The zero-order valence-electron chi connectivity index (χ0n) is 30.3. The highest BCUT2D eigenvalue weighted by Crippen LogP contribution is 2.47. The van der Waals surface area contributed by atoms with E-state index in [1.165, 1.54) is 37.1 Å². The number of rotatable bonds is 17. The van der Waals surface area contributed by atoms with Gasteiger partial charge in [-0.15, -0.1) is 0 Å². The Hall–Kier alpha value is -4.44. The molecule has 0 aliphatic carbocycles. The van der Waals surface area contributed by atoms with Crippen LogP contribution in [0.3, 0.4) is 0 Å². The first-order chi connectivity index (χ1) is 25.3. The molecule has 8 heteroatoms. The van der Waals surface area contributed by atoms with Crippen LogP contribution in [0.2, 0.25) is 0 Å². The Bertz CT molecular complexity index is 1760. The van der Waals surface area contributed by atoms with E-state index >= 15 is 0 Å². The van der Waals surface area contributed by atoms with E-state index in [1.807, 2.05) is 60.7 Å². The van der Waals surface area contributed by atoms with E-state index in [2.05, 4.69) is 36.0 Å². The fraction of sp³-hybridized carbons (Fsp3) is 0.409. The number of ether oxygens (including phenoxy) is 2. The molecule has 2 aliphatic rings. The average molecular weight is 703 g/mol. The molecule has 4 aromatic carbocycles. The molecule has 0 bridgehead atoms. The monoisotopic (exact) mass is 702 g/mol. The van der Waals surface area contributed by atoms with Gasteiger partial charge in [0.2, 0.25) is 0 Å². The van der Waals surface area contributed by atoms with Crippen molar-refractivity contribution in [2.75, 3.05) is 40.3 Å². The lowest BCUT2D eigenvalue weighted by atomic mass is 9.81. The fourth-order valence-electron chi connectivity index (χ4n) is 8.07. The zero-order chi connectivity index (χ0) is 36.6. The minimum atomic E-state index is -0.637. The van der Waals surface area contributed by atoms with Gasteiger partial charge >= 0.3 is 0 Å². The molecule has 2 unspecified atom stereocenters. The summed E-state index contributed by atoms with van der Waals surface area (Å²) in [6.45, 7) is 4.83. The van der Waals surface area contributed by atoms with Crippen LogP contribution in [0.1, 0.15) is 95.9 Å². The normalized spacial score (nSPS) is 19.1. The van der Waals surface area contributed by atoms with Crippen molar-refractivity contribution in [1.29, 1.82) is 10.5 Å². The molecule has 0 radical (unpaired) electrons. The molecule has 0 saturated heterocycles. The molecule has 2 atom stereocenters. The Morgan fingerprint density at radius 2 is 0.942 bits per heavy atom. The Balaban J connectivity index is 0.918. The minimum absolute atomic E-state index is 0.266. The number of hydrogen-bond donors (Lipinski definition) is 0. The second-order valence-electron chi connectivity index (χ2n) is 14.4. The summed E-state index contributed by atoms with van der Waals surface area (Å²) in [7, 11) is 4.35. The van der Waals surface area contributed by atoms with Crippen molar-refractivity contribution < 1.29 is 18.3 Å². The summed E-state index contributed by atoms with van der Waals surface area (Å²) in [4.78, 5) is 4.78. The molecular formula is C44H48F2N4O2. The van der Waals surface area contributed by atoms with Gasteiger partial charge in [-0.2, -0.15) is 10.5 Å². The summed E-state index contributed by atoms with van der Waals surface area (Å²) >= 11 is 0. The maximum absolute atomic E-state index is 13.8. The Kier molecular flexibility index (Phi) is 12.1. The minimum Gasteiger partial charge on any atom is -0.361 e. The zero-order valence-corrected chi connectivity index (χ0v) is 30.3.